The van der Waals surface area contributed by atoms with Crippen molar-refractivity contribution in [3.8, 4) is 5.75 Å². The number of hydrogen-bond acceptors (Lipinski definition) is 2. The van der Waals surface area contributed by atoms with E-state index in [9.17, 15) is 0 Å². The number of fused-ring (bicyclic) bond motifs is 1. The van der Waals surface area contributed by atoms with Crippen molar-refractivity contribution in [1.82, 2.24) is 0 Å². The van der Waals surface area contributed by atoms with Gasteiger partial charge >= 0.3 is 0 Å². The number of ether oxygens (including phenoxy) is 2. The van der Waals surface area contributed by atoms with E-state index in [0.29, 0.717) is 30.0 Å². The van der Waals surface area contributed by atoms with Gasteiger partial charge in [-0.3, -0.25) is 0 Å². The molecule has 2 aliphatic rings. The first-order valence-electron chi connectivity index (χ1n) is 8.30. The lowest BCUT2D eigenvalue weighted by Gasteiger charge is -2.38. The van der Waals surface area contributed by atoms with Crippen LogP contribution in [0.3, 0.4) is 0 Å². The molecule has 2 nitrogen and oxygen atoms in total. The quantitative estimate of drug-likeness (QED) is 0.724. The maximum absolute atomic E-state index is 6.34. The Labute approximate surface area is 134 Å². The monoisotopic (exact) mass is 300 g/mol. The van der Waals surface area contributed by atoms with Crippen molar-refractivity contribution in [2.45, 2.75) is 46.3 Å². The lowest BCUT2D eigenvalue weighted by atomic mass is 9.71. The minimum atomic E-state index is 0.274. The zero-order chi connectivity index (χ0) is 16.0. The molecule has 3 rings (SSSR count). The average Bonchev–Trinajstić information content (AvgIpc) is 3.15. The molecule has 0 aliphatic heterocycles. The maximum atomic E-state index is 6.34. The Kier molecular flexibility index (Phi) is 3.84. The third kappa shape index (κ3) is 2.38. The summed E-state index contributed by atoms with van der Waals surface area (Å²) in [5.41, 5.74) is 1.89. The molecular formula is C20H28O2. The smallest absolute Gasteiger partial charge is 0.118 e. The minimum Gasteiger partial charge on any atom is -0.497 e. The van der Waals surface area contributed by atoms with Crippen LogP contribution in [0.15, 0.2) is 36.9 Å². The number of rotatable bonds is 5. The lowest BCUT2D eigenvalue weighted by molar-refractivity contribution is -0.0494. The van der Waals surface area contributed by atoms with Gasteiger partial charge in [-0.15, -0.1) is 6.58 Å². The van der Waals surface area contributed by atoms with Crippen LogP contribution in [-0.4, -0.2) is 13.2 Å². The molecule has 0 unspecified atom stereocenters. The highest BCUT2D eigenvalue weighted by molar-refractivity contribution is 5.27. The van der Waals surface area contributed by atoms with Gasteiger partial charge in [0.15, 0.2) is 0 Å². The third-order valence-corrected chi connectivity index (χ3v) is 6.09. The number of benzene rings is 1. The lowest BCUT2D eigenvalue weighted by Crippen LogP contribution is -2.35. The fraction of sp³-hybridized carbons (Fsp3) is 0.600. The predicted octanol–water partition coefficient (Wildman–Crippen LogP) is 4.84. The number of hydrogen-bond donors (Lipinski definition) is 0. The van der Waals surface area contributed by atoms with E-state index < -0.39 is 0 Å². The molecule has 0 amide bonds. The second kappa shape index (κ2) is 5.42. The van der Waals surface area contributed by atoms with Crippen molar-refractivity contribution < 1.29 is 9.47 Å². The highest BCUT2D eigenvalue weighted by Crippen LogP contribution is 2.72. The molecule has 2 heteroatoms. The fourth-order valence-corrected chi connectivity index (χ4v) is 4.85. The molecule has 2 fully saturated rings. The number of methoxy groups -OCH3 is 1. The van der Waals surface area contributed by atoms with E-state index in [1.807, 2.05) is 12.1 Å². The molecule has 22 heavy (non-hydrogen) atoms. The van der Waals surface area contributed by atoms with Crippen LogP contribution in [0.5, 0.6) is 5.75 Å². The fourth-order valence-electron chi connectivity index (χ4n) is 4.85. The average molecular weight is 300 g/mol. The third-order valence-electron chi connectivity index (χ3n) is 6.09. The SMILES string of the molecule is C=C[C@@H]1[C@@H]2C(C)(C)CC[C@H](OCc3ccc(OC)cc3)[C@]12C. The van der Waals surface area contributed by atoms with Crippen molar-refractivity contribution >= 4 is 0 Å². The zero-order valence-electron chi connectivity index (χ0n) is 14.3. The Morgan fingerprint density at radius 2 is 1.91 bits per heavy atom. The van der Waals surface area contributed by atoms with Gasteiger partial charge in [-0.1, -0.05) is 39.0 Å². The van der Waals surface area contributed by atoms with Crippen molar-refractivity contribution in [3.05, 3.63) is 42.5 Å². The number of allylic oxidation sites excluding steroid dienone is 1. The van der Waals surface area contributed by atoms with Crippen LogP contribution in [0.25, 0.3) is 0 Å². The van der Waals surface area contributed by atoms with Gasteiger partial charge in [-0.25, -0.2) is 0 Å². The largest absolute Gasteiger partial charge is 0.497 e. The summed E-state index contributed by atoms with van der Waals surface area (Å²) in [4.78, 5) is 0. The first-order chi connectivity index (χ1) is 10.4. The molecule has 1 aromatic carbocycles. The van der Waals surface area contributed by atoms with Gasteiger partial charge in [0.25, 0.3) is 0 Å². The van der Waals surface area contributed by atoms with E-state index in [0.717, 1.165) is 12.2 Å². The molecule has 4 atom stereocenters. The molecule has 2 aliphatic carbocycles. The van der Waals surface area contributed by atoms with Crippen molar-refractivity contribution in [1.29, 1.82) is 0 Å². The molecule has 0 aromatic heterocycles. The van der Waals surface area contributed by atoms with E-state index in [1.165, 1.54) is 12.0 Å². The van der Waals surface area contributed by atoms with Crippen LogP contribution in [-0.2, 0) is 11.3 Å². The Morgan fingerprint density at radius 1 is 1.23 bits per heavy atom. The summed E-state index contributed by atoms with van der Waals surface area (Å²) in [6, 6.07) is 8.17. The summed E-state index contributed by atoms with van der Waals surface area (Å²) in [5.74, 6) is 2.21. The highest BCUT2D eigenvalue weighted by atomic mass is 16.5. The molecule has 0 bridgehead atoms. The topological polar surface area (TPSA) is 18.5 Å². The van der Waals surface area contributed by atoms with Gasteiger partial charge in [0.1, 0.15) is 5.75 Å². The highest BCUT2D eigenvalue weighted by Gasteiger charge is 2.70. The molecule has 0 saturated heterocycles. The second-order valence-electron chi connectivity index (χ2n) is 7.78. The summed E-state index contributed by atoms with van der Waals surface area (Å²) in [5, 5.41) is 0. The summed E-state index contributed by atoms with van der Waals surface area (Å²) in [6.45, 7) is 11.9. The maximum Gasteiger partial charge on any atom is 0.118 e. The Bertz CT molecular complexity index is 545. The standard InChI is InChI=1S/C20H28O2/c1-6-16-18-19(2,3)12-11-17(20(16,18)4)22-13-14-7-9-15(21-5)10-8-14/h6-10,16-18H,1,11-13H2,2-5H3/t16-,17+,18-,20+/m1/s1. The molecule has 2 saturated carbocycles. The van der Waals surface area contributed by atoms with Crippen LogP contribution in [0.1, 0.15) is 39.2 Å². The van der Waals surface area contributed by atoms with Gasteiger partial charge in [-0.2, -0.15) is 0 Å². The predicted molar refractivity (Wildman–Crippen MR) is 89.9 cm³/mol. The Hall–Kier alpha value is -1.28. The summed E-state index contributed by atoms with van der Waals surface area (Å²) >= 11 is 0. The summed E-state index contributed by atoms with van der Waals surface area (Å²) in [6.07, 6.45) is 4.89. The van der Waals surface area contributed by atoms with Gasteiger partial charge in [0.05, 0.1) is 19.8 Å². The molecular weight excluding hydrogens is 272 g/mol. The molecule has 0 heterocycles. The Balaban J connectivity index is 1.67. The summed E-state index contributed by atoms with van der Waals surface area (Å²) in [7, 11) is 1.69. The van der Waals surface area contributed by atoms with Crippen molar-refractivity contribution in [2.24, 2.45) is 22.7 Å². The molecule has 0 radical (unpaired) electrons. The molecule has 0 N–H and O–H groups in total. The Morgan fingerprint density at radius 3 is 2.50 bits per heavy atom. The van der Waals surface area contributed by atoms with E-state index in [-0.39, 0.29) is 5.41 Å². The van der Waals surface area contributed by atoms with E-state index in [4.69, 9.17) is 9.47 Å². The molecule has 120 valence electrons. The van der Waals surface area contributed by atoms with Crippen molar-refractivity contribution in [3.63, 3.8) is 0 Å². The first kappa shape index (κ1) is 15.6. The summed E-state index contributed by atoms with van der Waals surface area (Å²) < 4.78 is 11.5. The van der Waals surface area contributed by atoms with Gasteiger partial charge in [0, 0.05) is 5.41 Å². The van der Waals surface area contributed by atoms with Gasteiger partial charge in [0.2, 0.25) is 0 Å². The molecule has 0 spiro atoms. The molecule has 1 aromatic rings. The van der Waals surface area contributed by atoms with Crippen molar-refractivity contribution in [2.75, 3.05) is 7.11 Å². The van der Waals surface area contributed by atoms with Crippen LogP contribution >= 0.6 is 0 Å². The van der Waals surface area contributed by atoms with Crippen LogP contribution < -0.4 is 4.74 Å². The van der Waals surface area contributed by atoms with E-state index in [1.54, 1.807) is 7.11 Å². The van der Waals surface area contributed by atoms with Crippen LogP contribution in [0.2, 0.25) is 0 Å². The van der Waals surface area contributed by atoms with Crippen LogP contribution in [0.4, 0.5) is 0 Å². The normalized spacial score (nSPS) is 35.5. The minimum absolute atomic E-state index is 0.274. The van der Waals surface area contributed by atoms with Gasteiger partial charge in [-0.05, 0) is 47.8 Å². The van der Waals surface area contributed by atoms with E-state index >= 15 is 0 Å². The first-order valence-corrected chi connectivity index (χ1v) is 8.30. The van der Waals surface area contributed by atoms with Crippen LogP contribution in [0, 0.1) is 22.7 Å². The second-order valence-corrected chi connectivity index (χ2v) is 7.78. The van der Waals surface area contributed by atoms with Gasteiger partial charge < -0.3 is 9.47 Å². The zero-order valence-corrected chi connectivity index (χ0v) is 14.3. The van der Waals surface area contributed by atoms with E-state index in [2.05, 4.69) is 45.6 Å².